The van der Waals surface area contributed by atoms with E-state index >= 15 is 0 Å². The smallest absolute Gasteiger partial charge is 0.305 e. The number of carbonyl (C=O) groups is 2. The Morgan fingerprint density at radius 2 is 1.12 bits per heavy atom. The molecule has 0 aromatic carbocycles. The monoisotopic (exact) mass is 370 g/mol. The second kappa shape index (κ2) is 11.5. The minimum atomic E-state index is -0.183. The third-order valence-electron chi connectivity index (χ3n) is 4.98. The molecule has 2 heterocycles. The molecule has 0 aromatic heterocycles. The van der Waals surface area contributed by atoms with Gasteiger partial charge in [0.2, 0.25) is 0 Å². The average Bonchev–Trinajstić information content (AvgIpc) is 3.54. The lowest BCUT2D eigenvalue weighted by Crippen LogP contribution is -2.09. The van der Waals surface area contributed by atoms with Gasteiger partial charge in [-0.3, -0.25) is 9.59 Å². The van der Waals surface area contributed by atoms with Crippen molar-refractivity contribution in [2.75, 3.05) is 13.2 Å². The molecule has 4 atom stereocenters. The standard InChI is InChI=1S/C20H34O6/c1-3-15-17(25-15)9-7-13-23-19(21)11-5-6-12-20(22)24-14-8-10-18-16(4-2)26-18/h15-18H,3-14H2,1-2H3. The molecule has 0 N–H and O–H groups in total. The molecule has 26 heavy (non-hydrogen) atoms. The number of carbonyl (C=O) groups excluding carboxylic acids is 2. The molecule has 2 fully saturated rings. The second-order valence-electron chi connectivity index (χ2n) is 7.17. The zero-order valence-electron chi connectivity index (χ0n) is 16.2. The van der Waals surface area contributed by atoms with Gasteiger partial charge in [0.25, 0.3) is 0 Å². The fourth-order valence-electron chi connectivity index (χ4n) is 3.21. The molecular formula is C20H34O6. The van der Waals surface area contributed by atoms with E-state index in [1.165, 1.54) is 0 Å². The van der Waals surface area contributed by atoms with Crippen LogP contribution in [0, 0.1) is 0 Å². The first-order valence-corrected chi connectivity index (χ1v) is 10.3. The largest absolute Gasteiger partial charge is 0.466 e. The van der Waals surface area contributed by atoms with Crippen LogP contribution in [0.25, 0.3) is 0 Å². The maximum atomic E-state index is 11.6. The molecule has 2 aliphatic rings. The molecule has 4 unspecified atom stereocenters. The van der Waals surface area contributed by atoms with Crippen LogP contribution in [0.3, 0.4) is 0 Å². The maximum Gasteiger partial charge on any atom is 0.305 e. The Bertz CT molecular complexity index is 398. The molecule has 0 saturated carbocycles. The summed E-state index contributed by atoms with van der Waals surface area (Å²) in [5.41, 5.74) is 0. The van der Waals surface area contributed by atoms with E-state index < -0.39 is 0 Å². The third-order valence-corrected chi connectivity index (χ3v) is 4.98. The van der Waals surface area contributed by atoms with Crippen LogP contribution in [0.5, 0.6) is 0 Å². The Labute approximate surface area is 156 Å². The molecule has 2 rings (SSSR count). The number of ether oxygens (including phenoxy) is 4. The zero-order chi connectivity index (χ0) is 18.8. The molecule has 2 saturated heterocycles. The van der Waals surface area contributed by atoms with E-state index in [9.17, 15) is 9.59 Å². The van der Waals surface area contributed by atoms with Crippen LogP contribution in [0.1, 0.15) is 78.1 Å². The molecule has 6 nitrogen and oxygen atoms in total. The van der Waals surface area contributed by atoms with Gasteiger partial charge in [-0.25, -0.2) is 0 Å². The Hall–Kier alpha value is -1.14. The summed E-state index contributed by atoms with van der Waals surface area (Å²) in [5, 5.41) is 0. The van der Waals surface area contributed by atoms with E-state index in [-0.39, 0.29) is 11.9 Å². The van der Waals surface area contributed by atoms with Crippen molar-refractivity contribution in [1.29, 1.82) is 0 Å². The summed E-state index contributed by atoms with van der Waals surface area (Å²) in [6.45, 7) is 5.15. The van der Waals surface area contributed by atoms with Gasteiger partial charge in [-0.1, -0.05) is 13.8 Å². The van der Waals surface area contributed by atoms with Gasteiger partial charge in [-0.2, -0.15) is 0 Å². The quantitative estimate of drug-likeness (QED) is 0.249. The van der Waals surface area contributed by atoms with Crippen molar-refractivity contribution < 1.29 is 28.5 Å². The predicted octanol–water partition coefficient (Wildman–Crippen LogP) is 3.55. The van der Waals surface area contributed by atoms with E-state index in [4.69, 9.17) is 18.9 Å². The summed E-state index contributed by atoms with van der Waals surface area (Å²) < 4.78 is 21.3. The Morgan fingerprint density at radius 3 is 1.46 bits per heavy atom. The number of rotatable bonds is 15. The topological polar surface area (TPSA) is 77.7 Å². The minimum absolute atomic E-state index is 0.183. The van der Waals surface area contributed by atoms with Gasteiger partial charge in [-0.15, -0.1) is 0 Å². The molecule has 0 bridgehead atoms. The molecule has 0 aliphatic carbocycles. The van der Waals surface area contributed by atoms with Crippen LogP contribution in [-0.2, 0) is 28.5 Å². The van der Waals surface area contributed by atoms with Crippen LogP contribution < -0.4 is 0 Å². The zero-order valence-corrected chi connectivity index (χ0v) is 16.2. The number of esters is 2. The number of hydrogen-bond acceptors (Lipinski definition) is 6. The predicted molar refractivity (Wildman–Crippen MR) is 96.8 cm³/mol. The normalized spacial score (nSPS) is 26.4. The highest BCUT2D eigenvalue weighted by Gasteiger charge is 2.36. The van der Waals surface area contributed by atoms with Crippen molar-refractivity contribution in [3.63, 3.8) is 0 Å². The SMILES string of the molecule is CCC1OC1CCCOC(=O)CCCCC(=O)OCCCC1OC1CC. The van der Waals surface area contributed by atoms with Crippen LogP contribution in [0.4, 0.5) is 0 Å². The van der Waals surface area contributed by atoms with E-state index in [2.05, 4.69) is 13.8 Å². The molecule has 150 valence electrons. The lowest BCUT2D eigenvalue weighted by Gasteiger charge is -2.05. The van der Waals surface area contributed by atoms with Crippen LogP contribution >= 0.6 is 0 Å². The van der Waals surface area contributed by atoms with Gasteiger partial charge in [0.15, 0.2) is 0 Å². The van der Waals surface area contributed by atoms with Gasteiger partial charge in [0.05, 0.1) is 37.6 Å². The van der Waals surface area contributed by atoms with Crippen molar-refractivity contribution in [3.8, 4) is 0 Å². The highest BCUT2D eigenvalue weighted by Crippen LogP contribution is 2.29. The van der Waals surface area contributed by atoms with Crippen molar-refractivity contribution >= 4 is 11.9 Å². The van der Waals surface area contributed by atoms with Gasteiger partial charge < -0.3 is 18.9 Å². The van der Waals surface area contributed by atoms with Crippen LogP contribution in [0.15, 0.2) is 0 Å². The van der Waals surface area contributed by atoms with Gasteiger partial charge in [-0.05, 0) is 51.4 Å². The van der Waals surface area contributed by atoms with Gasteiger partial charge in [0.1, 0.15) is 0 Å². The lowest BCUT2D eigenvalue weighted by molar-refractivity contribution is -0.146. The fraction of sp³-hybridized carbons (Fsp3) is 0.900. The van der Waals surface area contributed by atoms with Gasteiger partial charge >= 0.3 is 11.9 Å². The molecule has 2 aliphatic heterocycles. The summed E-state index contributed by atoms with van der Waals surface area (Å²) >= 11 is 0. The molecule has 0 radical (unpaired) electrons. The first-order valence-electron chi connectivity index (χ1n) is 10.3. The molecular weight excluding hydrogens is 336 g/mol. The van der Waals surface area contributed by atoms with Crippen LogP contribution in [0.2, 0.25) is 0 Å². The summed E-state index contributed by atoms with van der Waals surface area (Å²) in [5.74, 6) is -0.367. The molecule has 0 spiro atoms. The summed E-state index contributed by atoms with van der Waals surface area (Å²) in [7, 11) is 0. The lowest BCUT2D eigenvalue weighted by atomic mass is 10.1. The Morgan fingerprint density at radius 1 is 0.692 bits per heavy atom. The van der Waals surface area contributed by atoms with E-state index in [0.717, 1.165) is 38.5 Å². The fourth-order valence-corrected chi connectivity index (χ4v) is 3.21. The summed E-state index contributed by atoms with van der Waals surface area (Å²) in [6, 6.07) is 0. The number of unbranched alkanes of at least 4 members (excludes halogenated alkanes) is 1. The number of hydrogen-bond donors (Lipinski definition) is 0. The molecule has 0 aromatic rings. The molecule has 6 heteroatoms. The Kier molecular flexibility index (Phi) is 9.40. The van der Waals surface area contributed by atoms with Crippen molar-refractivity contribution in [2.24, 2.45) is 0 Å². The maximum absolute atomic E-state index is 11.6. The first kappa shape index (κ1) is 21.2. The van der Waals surface area contributed by atoms with E-state index in [0.29, 0.717) is 63.3 Å². The van der Waals surface area contributed by atoms with E-state index in [1.54, 1.807) is 0 Å². The third kappa shape index (κ3) is 8.49. The van der Waals surface area contributed by atoms with Crippen LogP contribution in [-0.4, -0.2) is 49.6 Å². The van der Waals surface area contributed by atoms with Crippen molar-refractivity contribution in [2.45, 2.75) is 102 Å². The van der Waals surface area contributed by atoms with Crippen molar-refractivity contribution in [3.05, 3.63) is 0 Å². The second-order valence-corrected chi connectivity index (χ2v) is 7.17. The summed E-state index contributed by atoms with van der Waals surface area (Å²) in [4.78, 5) is 23.2. The average molecular weight is 370 g/mol. The summed E-state index contributed by atoms with van der Waals surface area (Å²) in [6.07, 6.45) is 9.36. The number of epoxide rings is 2. The highest BCUT2D eigenvalue weighted by atomic mass is 16.6. The minimum Gasteiger partial charge on any atom is -0.466 e. The van der Waals surface area contributed by atoms with Gasteiger partial charge in [0, 0.05) is 12.8 Å². The first-order chi connectivity index (χ1) is 12.6. The highest BCUT2D eigenvalue weighted by molar-refractivity contribution is 5.70. The van der Waals surface area contributed by atoms with Crippen molar-refractivity contribution in [1.82, 2.24) is 0 Å². The van der Waals surface area contributed by atoms with E-state index in [1.807, 2.05) is 0 Å². The molecule has 0 amide bonds. The Balaban J connectivity index is 1.33.